The summed E-state index contributed by atoms with van der Waals surface area (Å²) in [6.45, 7) is 1.37. The number of esters is 1. The van der Waals surface area contributed by atoms with Crippen LogP contribution in [0.1, 0.15) is 6.92 Å². The first-order chi connectivity index (χ1) is 16.4. The number of sulfone groups is 1. The summed E-state index contributed by atoms with van der Waals surface area (Å²) in [6, 6.07) is 10.2. The first-order valence-electron chi connectivity index (χ1n) is 9.83. The highest BCUT2D eigenvalue weighted by Crippen LogP contribution is 2.40. The minimum absolute atomic E-state index is 0.0246. The molecule has 0 radical (unpaired) electrons. The highest BCUT2D eigenvalue weighted by atomic mass is 35.5. The summed E-state index contributed by atoms with van der Waals surface area (Å²) in [6.07, 6.45) is 0. The van der Waals surface area contributed by atoms with Gasteiger partial charge in [0.1, 0.15) is 28.1 Å². The van der Waals surface area contributed by atoms with Crippen molar-refractivity contribution in [3.63, 3.8) is 0 Å². The van der Waals surface area contributed by atoms with Gasteiger partial charge < -0.3 is 19.9 Å². The maximum Gasteiger partial charge on any atom is 0.317 e. The molecule has 1 atom stereocenters. The van der Waals surface area contributed by atoms with E-state index in [1.807, 2.05) is 0 Å². The van der Waals surface area contributed by atoms with Gasteiger partial charge in [0.2, 0.25) is 15.7 Å². The number of carbonyl (C=O) groups is 2. The average molecular weight is 542 g/mol. The third-order valence-corrected chi connectivity index (χ3v) is 7.14. The molecule has 3 aromatic rings. The zero-order valence-corrected chi connectivity index (χ0v) is 20.5. The van der Waals surface area contributed by atoms with Gasteiger partial charge in [-0.05, 0) is 55.5 Å². The second-order valence-corrected chi connectivity index (χ2v) is 9.92. The summed E-state index contributed by atoms with van der Waals surface area (Å²) >= 11 is 12.5. The predicted octanol–water partition coefficient (Wildman–Crippen LogP) is 5.21. The number of methoxy groups -OCH3 is 1. The lowest BCUT2D eigenvalue weighted by Gasteiger charge is -2.15. The Morgan fingerprint density at radius 2 is 1.63 bits per heavy atom. The molecule has 0 aliphatic heterocycles. The van der Waals surface area contributed by atoms with Gasteiger partial charge in [-0.2, -0.15) is 0 Å². The van der Waals surface area contributed by atoms with Crippen LogP contribution in [0.25, 0.3) is 0 Å². The fraction of sp³-hybridized carbons (Fsp3) is 0.130. The molecule has 0 aromatic heterocycles. The van der Waals surface area contributed by atoms with Crippen molar-refractivity contribution in [1.29, 1.82) is 0 Å². The van der Waals surface area contributed by atoms with Crippen molar-refractivity contribution in [2.24, 2.45) is 5.92 Å². The molecule has 2 N–H and O–H groups in total. The van der Waals surface area contributed by atoms with Crippen LogP contribution in [0.15, 0.2) is 64.4 Å². The number of aromatic hydroxyl groups is 1. The van der Waals surface area contributed by atoms with Crippen LogP contribution in [0.3, 0.4) is 0 Å². The van der Waals surface area contributed by atoms with E-state index in [-0.39, 0.29) is 32.1 Å². The number of ether oxygens (including phenoxy) is 2. The van der Waals surface area contributed by atoms with Gasteiger partial charge in [0, 0.05) is 11.8 Å². The van der Waals surface area contributed by atoms with E-state index in [2.05, 4.69) is 10.1 Å². The minimum Gasteiger partial charge on any atom is -0.507 e. The fourth-order valence-electron chi connectivity index (χ4n) is 2.90. The third kappa shape index (κ3) is 5.84. The van der Waals surface area contributed by atoms with Crippen molar-refractivity contribution in [2.75, 3.05) is 12.4 Å². The molecule has 0 bridgehead atoms. The molecule has 0 saturated carbocycles. The summed E-state index contributed by atoms with van der Waals surface area (Å²) in [7, 11) is -3.05. The number of hydrogen-bond acceptors (Lipinski definition) is 7. The molecule has 35 heavy (non-hydrogen) atoms. The number of anilines is 1. The SMILES string of the molecule is COC(=O)C(C)C(=O)Nc1cc(Cl)c(Oc2ccc(O)c(S(=O)(=O)c3ccc(F)cc3)c2)c(Cl)c1. The lowest BCUT2D eigenvalue weighted by Crippen LogP contribution is -2.28. The van der Waals surface area contributed by atoms with Crippen LogP contribution in [0.4, 0.5) is 10.1 Å². The first kappa shape index (κ1) is 26.3. The number of hydrogen-bond donors (Lipinski definition) is 2. The van der Waals surface area contributed by atoms with Gasteiger partial charge in [-0.3, -0.25) is 9.59 Å². The van der Waals surface area contributed by atoms with Crippen molar-refractivity contribution in [3.8, 4) is 17.2 Å². The normalized spacial score (nSPS) is 12.0. The summed E-state index contributed by atoms with van der Waals surface area (Å²) in [5.41, 5.74) is 0.179. The highest BCUT2D eigenvalue weighted by Gasteiger charge is 2.24. The topological polar surface area (TPSA) is 119 Å². The summed E-state index contributed by atoms with van der Waals surface area (Å²) in [4.78, 5) is 23.0. The summed E-state index contributed by atoms with van der Waals surface area (Å²) in [5.74, 6) is -3.69. The molecular weight excluding hydrogens is 524 g/mol. The van der Waals surface area contributed by atoms with Gasteiger partial charge in [-0.1, -0.05) is 23.2 Å². The van der Waals surface area contributed by atoms with E-state index < -0.39 is 44.1 Å². The van der Waals surface area contributed by atoms with Crippen LogP contribution in [0.2, 0.25) is 10.0 Å². The molecule has 1 unspecified atom stereocenters. The second-order valence-electron chi connectivity index (χ2n) is 7.19. The minimum atomic E-state index is -4.21. The van der Waals surface area contributed by atoms with E-state index in [1.165, 1.54) is 25.1 Å². The molecule has 184 valence electrons. The molecule has 0 fully saturated rings. The van der Waals surface area contributed by atoms with Gasteiger partial charge in [-0.15, -0.1) is 0 Å². The van der Waals surface area contributed by atoms with E-state index in [0.717, 1.165) is 43.5 Å². The number of amides is 1. The maximum atomic E-state index is 13.2. The van der Waals surface area contributed by atoms with Crippen LogP contribution in [-0.4, -0.2) is 32.5 Å². The first-order valence-corrected chi connectivity index (χ1v) is 12.1. The molecule has 0 saturated heterocycles. The lowest BCUT2D eigenvalue weighted by molar-refractivity contribution is -0.147. The fourth-order valence-corrected chi connectivity index (χ4v) is 4.82. The third-order valence-electron chi connectivity index (χ3n) is 4.78. The largest absolute Gasteiger partial charge is 0.507 e. The molecule has 1 amide bonds. The number of carbonyl (C=O) groups excluding carboxylic acids is 2. The maximum absolute atomic E-state index is 13.2. The molecule has 3 aromatic carbocycles. The van der Waals surface area contributed by atoms with E-state index in [4.69, 9.17) is 27.9 Å². The van der Waals surface area contributed by atoms with Gasteiger partial charge in [0.15, 0.2) is 5.75 Å². The second kappa shape index (κ2) is 10.5. The zero-order chi connectivity index (χ0) is 25.9. The number of rotatable bonds is 7. The molecule has 0 aliphatic rings. The van der Waals surface area contributed by atoms with Crippen molar-refractivity contribution >= 4 is 50.6 Å². The molecule has 0 aliphatic carbocycles. The van der Waals surface area contributed by atoms with Gasteiger partial charge in [0.25, 0.3) is 0 Å². The van der Waals surface area contributed by atoms with Crippen molar-refractivity contribution in [3.05, 3.63) is 70.5 Å². The number of nitrogens with one attached hydrogen (secondary N) is 1. The number of phenolic OH excluding ortho intramolecular Hbond substituents is 1. The predicted molar refractivity (Wildman–Crippen MR) is 126 cm³/mol. The monoisotopic (exact) mass is 541 g/mol. The molecule has 12 heteroatoms. The molecule has 3 rings (SSSR count). The Bertz CT molecular complexity index is 1370. The van der Waals surface area contributed by atoms with Crippen LogP contribution < -0.4 is 10.1 Å². The number of benzene rings is 3. The van der Waals surface area contributed by atoms with Crippen molar-refractivity contribution in [2.45, 2.75) is 16.7 Å². The molecule has 8 nitrogen and oxygen atoms in total. The van der Waals surface area contributed by atoms with Crippen LogP contribution in [-0.2, 0) is 24.2 Å². The Hall–Kier alpha value is -3.34. The Morgan fingerprint density at radius 3 is 2.20 bits per heavy atom. The zero-order valence-electron chi connectivity index (χ0n) is 18.2. The van der Waals surface area contributed by atoms with Crippen molar-refractivity contribution in [1.82, 2.24) is 0 Å². The Kier molecular flexibility index (Phi) is 7.89. The van der Waals surface area contributed by atoms with Crippen LogP contribution in [0, 0.1) is 11.7 Å². The Balaban J connectivity index is 1.89. The van der Waals surface area contributed by atoms with E-state index >= 15 is 0 Å². The smallest absolute Gasteiger partial charge is 0.317 e. The summed E-state index contributed by atoms with van der Waals surface area (Å²) in [5, 5.41) is 12.6. The highest BCUT2D eigenvalue weighted by molar-refractivity contribution is 7.91. The van der Waals surface area contributed by atoms with E-state index in [1.54, 1.807) is 0 Å². The van der Waals surface area contributed by atoms with E-state index in [0.29, 0.717) is 0 Å². The van der Waals surface area contributed by atoms with Crippen LogP contribution in [0.5, 0.6) is 17.2 Å². The molecular formula is C23H18Cl2FNO7S. The average Bonchev–Trinajstić information content (AvgIpc) is 2.81. The van der Waals surface area contributed by atoms with Gasteiger partial charge in [-0.25, -0.2) is 12.8 Å². The van der Waals surface area contributed by atoms with Crippen LogP contribution >= 0.6 is 23.2 Å². The number of phenols is 1. The Morgan fingerprint density at radius 1 is 1.03 bits per heavy atom. The molecule has 0 heterocycles. The van der Waals surface area contributed by atoms with Gasteiger partial charge >= 0.3 is 5.97 Å². The van der Waals surface area contributed by atoms with Crippen molar-refractivity contribution < 1.29 is 37.0 Å². The summed E-state index contributed by atoms with van der Waals surface area (Å²) < 4.78 is 49.2. The Labute approximate surface area is 210 Å². The lowest BCUT2D eigenvalue weighted by atomic mass is 10.1. The molecule has 0 spiro atoms. The number of halogens is 3. The standard InChI is InChI=1S/C23H18Cl2FNO7S/c1-12(23(30)33-2)22(29)27-14-9-17(24)21(18(25)10-14)34-15-5-8-19(28)20(11-15)35(31,32)16-6-3-13(26)4-7-16/h3-12,28H,1-2H3,(H,27,29). The van der Waals surface area contributed by atoms with E-state index in [9.17, 15) is 27.5 Å². The van der Waals surface area contributed by atoms with Gasteiger partial charge in [0.05, 0.1) is 22.1 Å². The quantitative estimate of drug-likeness (QED) is 0.239.